The van der Waals surface area contributed by atoms with Crippen LogP contribution in [0.5, 0.6) is 0 Å². The van der Waals surface area contributed by atoms with Crippen molar-refractivity contribution in [3.63, 3.8) is 0 Å². The molecule has 77 heavy (non-hydrogen) atoms. The third-order valence-corrected chi connectivity index (χ3v) is 16.7. The summed E-state index contributed by atoms with van der Waals surface area (Å²) in [5.74, 6) is -1.42. The van der Waals surface area contributed by atoms with E-state index >= 15 is 0 Å². The number of fused-ring (bicyclic) bond motifs is 2. The summed E-state index contributed by atoms with van der Waals surface area (Å²) in [6.45, 7) is 2.46. The molecule has 24 heteroatoms. The van der Waals surface area contributed by atoms with Crippen molar-refractivity contribution < 1.29 is 26.8 Å². The van der Waals surface area contributed by atoms with Gasteiger partial charge in [-0.3, -0.25) is 43.0 Å². The Morgan fingerprint density at radius 3 is 1.56 bits per heavy atom. The molecule has 2 amide bonds. The molecule has 5 aromatic heterocycles. The highest BCUT2D eigenvalue weighted by atomic mass is 32.2. The van der Waals surface area contributed by atoms with Gasteiger partial charge >= 0.3 is 11.4 Å². The van der Waals surface area contributed by atoms with Crippen molar-refractivity contribution in [2.75, 3.05) is 4.72 Å². The largest absolute Gasteiger partial charge is 0.369 e. The van der Waals surface area contributed by atoms with E-state index in [4.69, 9.17) is 11.5 Å². The van der Waals surface area contributed by atoms with Crippen LogP contribution in [0.4, 0.5) is 14.5 Å². The lowest BCUT2D eigenvalue weighted by Crippen LogP contribution is -2.30. The Balaban J connectivity index is 0.000000182. The minimum atomic E-state index is -4.02. The number of sulfonamides is 1. The molecule has 9 aromatic rings. The number of hydrogen-bond acceptors (Lipinski definition) is 12. The lowest BCUT2D eigenvalue weighted by molar-refractivity contribution is -0.117. The van der Waals surface area contributed by atoms with Crippen molar-refractivity contribution in [2.24, 2.45) is 23.3 Å². The molecule has 2 aliphatic rings. The predicted octanol–water partition coefficient (Wildman–Crippen LogP) is 5.37. The molecule has 11 rings (SSSR count). The maximum Gasteiger partial charge on any atom is 0.330 e. The van der Waals surface area contributed by atoms with Crippen LogP contribution in [0.15, 0.2) is 120 Å². The summed E-state index contributed by atoms with van der Waals surface area (Å²) < 4.78 is 61.0. The lowest BCUT2D eigenvalue weighted by atomic mass is 9.90. The Morgan fingerprint density at radius 1 is 0.675 bits per heavy atom. The maximum absolute atomic E-state index is 14.8. The second-order valence-corrected chi connectivity index (χ2v) is 22.3. The van der Waals surface area contributed by atoms with E-state index < -0.39 is 62.0 Å². The molecule has 2 unspecified atom stereocenters. The number of carbonyl (C=O) groups is 2. The van der Waals surface area contributed by atoms with Crippen molar-refractivity contribution in [3.05, 3.63) is 201 Å². The van der Waals surface area contributed by atoms with E-state index in [1.807, 2.05) is 0 Å². The molecule has 2 aliphatic carbocycles. The first-order valence-electron chi connectivity index (χ1n) is 24.6. The average Bonchev–Trinajstić information content (AvgIpc) is 4.28. The van der Waals surface area contributed by atoms with Gasteiger partial charge in [0, 0.05) is 36.2 Å². The quantitative estimate of drug-likeness (QED) is 0.0573. The third kappa shape index (κ3) is 11.5. The summed E-state index contributed by atoms with van der Waals surface area (Å²) in [4.78, 5) is 97.4. The van der Waals surface area contributed by atoms with Crippen LogP contribution >= 0.6 is 11.3 Å². The molecule has 2 atom stereocenters. The molecule has 20 nitrogen and oxygen atoms in total. The fourth-order valence-electron chi connectivity index (χ4n) is 9.19. The van der Waals surface area contributed by atoms with E-state index in [2.05, 4.69) is 39.6 Å². The van der Waals surface area contributed by atoms with Crippen molar-refractivity contribution >= 4 is 61.2 Å². The number of aromatic nitrogens is 9. The minimum absolute atomic E-state index is 0.0278. The Labute approximate surface area is 439 Å². The lowest BCUT2D eigenvalue weighted by Gasteiger charge is -2.17. The number of nitrogens with two attached hydrogens (primary N) is 2. The standard InChI is InChI=1S/C29H28FN7O5S2.C24H22FN5O3/c1-15-28(43-23(32-15)13-22(31)38)44(41,42)36-19-10-8-17(9-11-19)20(12-18-4-2-3-5-21(18)30)25-33-24-26(34-25)37(14-16-6-7-16)29(40)35-27(24)39;25-18-4-2-1-3-16(18)11-17(14-7-9-15(10-8-14)20(26)31)21-27-19-22(28-21)30(12-13-5-6-13)24(33)29-23(19)32/h2-5,8-11,16,20,36H,6-7,12-14H2,1H3,(H2,31,38)(H,33,34)(H,35,39,40);1-4,7-10,13,17H,5-6,11-12H2,(H2,26,31)(H,27,28)(H,29,32,33). The first-order valence-corrected chi connectivity index (χ1v) is 26.9. The molecular formula is C53H50F2N12O8S2. The molecule has 0 aliphatic heterocycles. The molecule has 4 aromatic carbocycles. The number of aryl methyl sites for hydroxylation is 1. The minimum Gasteiger partial charge on any atom is -0.369 e. The van der Waals surface area contributed by atoms with Crippen molar-refractivity contribution in [1.82, 2.24) is 44.0 Å². The summed E-state index contributed by atoms with van der Waals surface area (Å²) in [5, 5.41) is 0.300. The van der Waals surface area contributed by atoms with Gasteiger partial charge in [0.05, 0.1) is 12.1 Å². The van der Waals surface area contributed by atoms with Gasteiger partial charge in [-0.15, -0.1) is 11.3 Å². The summed E-state index contributed by atoms with van der Waals surface area (Å²) >= 11 is 0.872. The molecule has 0 radical (unpaired) electrons. The Bertz CT molecular complexity index is 4100. The molecule has 2 fully saturated rings. The molecule has 396 valence electrons. The van der Waals surface area contributed by atoms with E-state index in [9.17, 15) is 46.0 Å². The molecule has 0 spiro atoms. The molecule has 9 N–H and O–H groups in total. The van der Waals surface area contributed by atoms with Crippen LogP contribution in [0, 0.1) is 30.4 Å². The number of H-pyrrole nitrogens is 4. The molecular weight excluding hydrogens is 1030 g/mol. The van der Waals surface area contributed by atoms with Crippen molar-refractivity contribution in [2.45, 2.75) is 81.0 Å². The number of thiazole rings is 1. The number of nitrogens with one attached hydrogen (secondary N) is 5. The monoisotopic (exact) mass is 1080 g/mol. The number of rotatable bonds is 18. The summed E-state index contributed by atoms with van der Waals surface area (Å²) in [5.41, 5.74) is 12.5. The van der Waals surface area contributed by atoms with Gasteiger partial charge in [-0.05, 0) is 116 Å². The predicted molar refractivity (Wildman–Crippen MR) is 283 cm³/mol. The second-order valence-electron chi connectivity index (χ2n) is 19.3. The van der Waals surface area contributed by atoms with E-state index in [0.29, 0.717) is 63.8 Å². The second kappa shape index (κ2) is 21.2. The maximum atomic E-state index is 14.8. The van der Waals surface area contributed by atoms with Gasteiger partial charge in [-0.25, -0.2) is 41.7 Å². The highest BCUT2D eigenvalue weighted by Crippen LogP contribution is 2.35. The number of amides is 2. The number of benzene rings is 4. The number of hydrogen-bond donors (Lipinski definition) is 7. The van der Waals surface area contributed by atoms with Gasteiger partial charge < -0.3 is 21.4 Å². The van der Waals surface area contributed by atoms with Crippen molar-refractivity contribution in [3.8, 4) is 0 Å². The Kier molecular flexibility index (Phi) is 14.3. The van der Waals surface area contributed by atoms with Crippen LogP contribution in [-0.2, 0) is 47.2 Å². The number of carbonyl (C=O) groups excluding carboxylic acids is 2. The van der Waals surface area contributed by atoms with Gasteiger partial charge in [0.1, 0.15) is 39.3 Å². The smallest absolute Gasteiger partial charge is 0.330 e. The van der Waals surface area contributed by atoms with Crippen molar-refractivity contribution in [1.29, 1.82) is 0 Å². The molecule has 0 saturated heterocycles. The van der Waals surface area contributed by atoms with E-state index in [0.717, 1.165) is 42.6 Å². The highest BCUT2D eigenvalue weighted by Gasteiger charge is 2.30. The van der Waals surface area contributed by atoms with E-state index in [1.165, 1.54) is 28.2 Å². The van der Waals surface area contributed by atoms with Gasteiger partial charge in [0.2, 0.25) is 11.8 Å². The number of imidazole rings is 2. The normalized spacial score (nSPS) is 14.3. The van der Waals surface area contributed by atoms with Gasteiger partial charge in [-0.1, -0.05) is 60.7 Å². The van der Waals surface area contributed by atoms with Crippen LogP contribution in [0.25, 0.3) is 22.3 Å². The Hall–Kier alpha value is -8.64. The number of nitrogens with zero attached hydrogens (tertiary/aromatic N) is 5. The summed E-state index contributed by atoms with van der Waals surface area (Å²) in [6.07, 6.45) is 4.32. The zero-order chi connectivity index (χ0) is 54.3. The topological polar surface area (TPSA) is 312 Å². The molecule has 0 bridgehead atoms. The number of anilines is 1. The Morgan fingerprint density at radius 2 is 1.13 bits per heavy atom. The van der Waals surface area contributed by atoms with Gasteiger partial charge in [0.25, 0.3) is 21.1 Å². The zero-order valence-corrected chi connectivity index (χ0v) is 42.8. The number of halogens is 2. The number of primary amides is 2. The summed E-state index contributed by atoms with van der Waals surface area (Å²) in [6, 6.07) is 26.0. The van der Waals surface area contributed by atoms with Crippen LogP contribution in [0.1, 0.15) is 92.5 Å². The number of aromatic amines is 4. The third-order valence-electron chi connectivity index (χ3n) is 13.5. The molecule has 2 saturated carbocycles. The van der Waals surface area contributed by atoms with Crippen LogP contribution in [-0.4, -0.2) is 64.3 Å². The zero-order valence-electron chi connectivity index (χ0n) is 41.1. The highest BCUT2D eigenvalue weighted by molar-refractivity contribution is 7.94. The van der Waals surface area contributed by atoms with Gasteiger partial charge in [-0.2, -0.15) is 0 Å². The van der Waals surface area contributed by atoms with Crippen LogP contribution < -0.4 is 38.7 Å². The first kappa shape index (κ1) is 51.8. The van der Waals surface area contributed by atoms with Gasteiger partial charge in [0.15, 0.2) is 15.5 Å². The van der Waals surface area contributed by atoms with E-state index in [1.54, 1.807) is 84.9 Å². The fraction of sp³-hybridized carbons (Fsp3) is 0.264. The molecule has 5 heterocycles. The fourth-order valence-corrected chi connectivity index (χ4v) is 11.8. The van der Waals surface area contributed by atoms with Crippen LogP contribution in [0.3, 0.4) is 0 Å². The first-order chi connectivity index (χ1) is 36.9. The van der Waals surface area contributed by atoms with Crippen LogP contribution in [0.2, 0.25) is 0 Å². The average molecular weight is 1090 g/mol. The SMILES string of the molecule is Cc1nc(CC(N)=O)sc1S(=O)(=O)Nc1ccc(C(Cc2ccccc2F)c2nc3c([nH]2)c(=O)[nH]c(=O)n3CC2CC2)cc1.NC(=O)c1ccc(C(Cc2ccccc2F)c2nc3c([nH]2)c(=O)[nH]c(=O)n3CC2CC2)cc1. The summed E-state index contributed by atoms with van der Waals surface area (Å²) in [7, 11) is -4.02. The van der Waals surface area contributed by atoms with E-state index in [-0.39, 0.29) is 63.0 Å².